The summed E-state index contributed by atoms with van der Waals surface area (Å²) in [6, 6.07) is 13.9. The van der Waals surface area contributed by atoms with Crippen LogP contribution in [0.2, 0.25) is 0 Å². The maximum atomic E-state index is 14.6. The normalized spacial score (nSPS) is 10.8. The molecule has 1 N–H and O–H groups in total. The van der Waals surface area contributed by atoms with Gasteiger partial charge in [0.25, 0.3) is 0 Å². The van der Waals surface area contributed by atoms with Crippen molar-refractivity contribution in [2.45, 2.75) is 12.8 Å². The Kier molecular flexibility index (Phi) is 6.96. The van der Waals surface area contributed by atoms with E-state index in [0.29, 0.717) is 58.9 Å². The lowest BCUT2D eigenvalue weighted by Crippen LogP contribution is -2.21. The number of hydrogen-bond donors (Lipinski definition) is 1. The molecule has 4 aromatic rings. The molecule has 2 aromatic carbocycles. The number of anilines is 1. The molecule has 0 saturated heterocycles. The van der Waals surface area contributed by atoms with Gasteiger partial charge in [-0.2, -0.15) is 0 Å². The number of rotatable bonds is 8. The van der Waals surface area contributed by atoms with Crippen LogP contribution in [0.4, 0.5) is 10.2 Å². The van der Waals surface area contributed by atoms with Crippen LogP contribution in [0, 0.1) is 5.82 Å². The Hall–Kier alpha value is -4.07. The van der Waals surface area contributed by atoms with Crippen molar-refractivity contribution in [1.82, 2.24) is 19.9 Å². The number of pyridine rings is 1. The zero-order valence-corrected chi connectivity index (χ0v) is 19.4. The Morgan fingerprint density at radius 2 is 1.91 bits per heavy atom. The van der Waals surface area contributed by atoms with E-state index < -0.39 is 0 Å². The fourth-order valence-corrected chi connectivity index (χ4v) is 3.61. The van der Waals surface area contributed by atoms with E-state index in [0.717, 1.165) is 5.56 Å². The van der Waals surface area contributed by atoms with Crippen molar-refractivity contribution < 1.29 is 13.9 Å². The second-order valence-electron chi connectivity index (χ2n) is 7.98. The fraction of sp³-hybridized carbons (Fsp3) is 0.231. The van der Waals surface area contributed by atoms with Gasteiger partial charge in [-0.1, -0.05) is 18.2 Å². The Balaban J connectivity index is 1.81. The highest BCUT2D eigenvalue weighted by Crippen LogP contribution is 2.36. The summed E-state index contributed by atoms with van der Waals surface area (Å²) in [6.07, 6.45) is 4.30. The smallest absolute Gasteiger partial charge is 0.222 e. The van der Waals surface area contributed by atoms with Crippen molar-refractivity contribution in [2.75, 3.05) is 33.1 Å². The van der Waals surface area contributed by atoms with Crippen LogP contribution >= 0.6 is 0 Å². The van der Waals surface area contributed by atoms with Crippen molar-refractivity contribution >= 4 is 22.6 Å². The standard InChI is InChI=1S/C26H26FN5O2/c1-28-26-20-14-18(19-9-4-5-10-21(19)27)15-22(34-13-7-11-23(33)32(2)3)24(20)30-25(31-26)17-8-6-12-29-16-17/h4-6,8-10,12,14-16H,7,11,13H2,1-3H3,(H,28,30,31). The predicted molar refractivity (Wildman–Crippen MR) is 131 cm³/mol. The van der Waals surface area contributed by atoms with E-state index in [4.69, 9.17) is 9.72 Å². The summed E-state index contributed by atoms with van der Waals surface area (Å²) in [6.45, 7) is 0.316. The first-order valence-corrected chi connectivity index (χ1v) is 11.0. The first kappa shape index (κ1) is 23.1. The number of nitrogens with zero attached hydrogens (tertiary/aromatic N) is 4. The van der Waals surface area contributed by atoms with Gasteiger partial charge >= 0.3 is 0 Å². The third-order valence-electron chi connectivity index (χ3n) is 5.40. The number of ether oxygens (including phenoxy) is 1. The molecule has 0 unspecified atom stereocenters. The minimum Gasteiger partial charge on any atom is -0.491 e. The van der Waals surface area contributed by atoms with E-state index in [1.165, 1.54) is 6.07 Å². The van der Waals surface area contributed by atoms with Gasteiger partial charge in [0.1, 0.15) is 22.9 Å². The number of amides is 1. The lowest BCUT2D eigenvalue weighted by atomic mass is 10.0. The molecule has 0 aliphatic heterocycles. The van der Waals surface area contributed by atoms with Crippen molar-refractivity contribution in [2.24, 2.45) is 0 Å². The van der Waals surface area contributed by atoms with Gasteiger partial charge in [0, 0.05) is 56.5 Å². The summed E-state index contributed by atoms with van der Waals surface area (Å²) in [4.78, 5) is 27.1. The molecule has 174 valence electrons. The number of hydrogen-bond acceptors (Lipinski definition) is 6. The highest BCUT2D eigenvalue weighted by atomic mass is 19.1. The molecular formula is C26H26FN5O2. The van der Waals surface area contributed by atoms with Crippen LogP contribution in [0.1, 0.15) is 12.8 Å². The van der Waals surface area contributed by atoms with E-state index in [-0.39, 0.29) is 11.7 Å². The van der Waals surface area contributed by atoms with E-state index in [2.05, 4.69) is 15.3 Å². The molecule has 0 atom stereocenters. The number of nitrogens with one attached hydrogen (secondary N) is 1. The minimum absolute atomic E-state index is 0.0345. The Bertz CT molecular complexity index is 1310. The summed E-state index contributed by atoms with van der Waals surface area (Å²) < 4.78 is 20.7. The Morgan fingerprint density at radius 1 is 1.09 bits per heavy atom. The summed E-state index contributed by atoms with van der Waals surface area (Å²) in [5.41, 5.74) is 2.47. The molecule has 2 heterocycles. The highest BCUT2D eigenvalue weighted by molar-refractivity contribution is 5.97. The van der Waals surface area contributed by atoms with Crippen LogP contribution in [-0.2, 0) is 4.79 Å². The number of fused-ring (bicyclic) bond motifs is 1. The second-order valence-corrected chi connectivity index (χ2v) is 7.98. The maximum absolute atomic E-state index is 14.6. The molecule has 8 heteroatoms. The number of aromatic nitrogens is 3. The summed E-state index contributed by atoms with van der Waals surface area (Å²) >= 11 is 0. The van der Waals surface area contributed by atoms with Gasteiger partial charge in [-0.3, -0.25) is 9.78 Å². The molecule has 34 heavy (non-hydrogen) atoms. The molecule has 0 aliphatic carbocycles. The van der Waals surface area contributed by atoms with Crippen LogP contribution in [0.15, 0.2) is 60.9 Å². The number of carbonyl (C=O) groups excluding carboxylic acids is 1. The monoisotopic (exact) mass is 459 g/mol. The first-order valence-electron chi connectivity index (χ1n) is 11.0. The molecule has 0 saturated carbocycles. The molecule has 0 spiro atoms. The number of carbonyl (C=O) groups is 1. The lowest BCUT2D eigenvalue weighted by molar-refractivity contribution is -0.128. The molecule has 0 radical (unpaired) electrons. The van der Waals surface area contributed by atoms with Gasteiger partial charge in [-0.15, -0.1) is 0 Å². The van der Waals surface area contributed by atoms with Crippen LogP contribution in [0.3, 0.4) is 0 Å². The molecule has 0 bridgehead atoms. The van der Waals surface area contributed by atoms with Gasteiger partial charge in [0.2, 0.25) is 5.91 Å². The maximum Gasteiger partial charge on any atom is 0.222 e. The third kappa shape index (κ3) is 4.96. The van der Waals surface area contributed by atoms with E-state index in [1.807, 2.05) is 18.2 Å². The van der Waals surface area contributed by atoms with Gasteiger partial charge in [0.05, 0.1) is 6.61 Å². The average molecular weight is 460 g/mol. The molecule has 2 aromatic heterocycles. The molecule has 7 nitrogen and oxygen atoms in total. The minimum atomic E-state index is -0.330. The molecule has 0 fully saturated rings. The molecule has 1 amide bonds. The summed E-state index contributed by atoms with van der Waals surface area (Å²) in [7, 11) is 5.23. The quantitative estimate of drug-likeness (QED) is 0.382. The van der Waals surface area contributed by atoms with Crippen molar-refractivity contribution in [3.63, 3.8) is 0 Å². The zero-order valence-electron chi connectivity index (χ0n) is 19.4. The van der Waals surface area contributed by atoms with Crippen LogP contribution in [-0.4, -0.2) is 53.5 Å². The summed E-state index contributed by atoms with van der Waals surface area (Å²) in [5.74, 6) is 1.29. The van der Waals surface area contributed by atoms with Gasteiger partial charge in [-0.05, 0) is 42.3 Å². The topological polar surface area (TPSA) is 80.2 Å². The summed E-state index contributed by atoms with van der Waals surface area (Å²) in [5, 5.41) is 3.83. The second kappa shape index (κ2) is 10.2. The lowest BCUT2D eigenvalue weighted by Gasteiger charge is -2.15. The van der Waals surface area contributed by atoms with Crippen molar-refractivity contribution in [3.05, 3.63) is 66.7 Å². The largest absolute Gasteiger partial charge is 0.491 e. The van der Waals surface area contributed by atoms with Gasteiger partial charge in [0.15, 0.2) is 5.82 Å². The van der Waals surface area contributed by atoms with Crippen molar-refractivity contribution in [1.29, 1.82) is 0 Å². The first-order chi connectivity index (χ1) is 16.5. The predicted octanol–water partition coefficient (Wildman–Crippen LogP) is 4.79. The van der Waals surface area contributed by atoms with Crippen LogP contribution in [0.25, 0.3) is 33.4 Å². The number of benzene rings is 2. The molecular weight excluding hydrogens is 433 g/mol. The van der Waals surface area contributed by atoms with E-state index >= 15 is 0 Å². The van der Waals surface area contributed by atoms with Gasteiger partial charge in [-0.25, -0.2) is 14.4 Å². The highest BCUT2D eigenvalue weighted by Gasteiger charge is 2.17. The van der Waals surface area contributed by atoms with Gasteiger partial charge < -0.3 is 15.0 Å². The van der Waals surface area contributed by atoms with Crippen LogP contribution in [0.5, 0.6) is 5.75 Å². The molecule has 0 aliphatic rings. The fourth-order valence-electron chi connectivity index (χ4n) is 3.61. The SMILES string of the molecule is CNc1nc(-c2cccnc2)nc2c(OCCCC(=O)N(C)C)cc(-c3ccccc3F)cc12. The Morgan fingerprint density at radius 3 is 2.62 bits per heavy atom. The average Bonchev–Trinajstić information content (AvgIpc) is 2.86. The number of halogens is 1. The molecule has 4 rings (SSSR count). The third-order valence-corrected chi connectivity index (χ3v) is 5.40. The zero-order chi connectivity index (χ0) is 24.1. The van der Waals surface area contributed by atoms with E-state index in [1.54, 1.807) is 62.7 Å². The Labute approximate surface area is 197 Å². The van der Waals surface area contributed by atoms with E-state index in [9.17, 15) is 9.18 Å². The van der Waals surface area contributed by atoms with Crippen molar-refractivity contribution in [3.8, 4) is 28.3 Å². The van der Waals surface area contributed by atoms with Crippen LogP contribution < -0.4 is 10.1 Å².